The summed E-state index contributed by atoms with van der Waals surface area (Å²) in [4.78, 5) is 25.7. The lowest BCUT2D eigenvalue weighted by molar-refractivity contribution is 0.0691. The van der Waals surface area contributed by atoms with Crippen molar-refractivity contribution < 1.29 is 19.4 Å². The molecular formula is C11H18N4O4. The highest BCUT2D eigenvalue weighted by atomic mass is 16.5. The van der Waals surface area contributed by atoms with Gasteiger partial charge in [-0.2, -0.15) is 0 Å². The van der Waals surface area contributed by atoms with Crippen LogP contribution >= 0.6 is 0 Å². The van der Waals surface area contributed by atoms with E-state index in [2.05, 4.69) is 15.6 Å². The number of hydrogen-bond acceptors (Lipinski definition) is 4. The minimum absolute atomic E-state index is 0.0154. The minimum atomic E-state index is -1.07. The molecule has 0 saturated heterocycles. The summed E-state index contributed by atoms with van der Waals surface area (Å²) < 4.78 is 6.59. The van der Waals surface area contributed by atoms with Gasteiger partial charge in [0.2, 0.25) is 0 Å². The Bertz CT molecular complexity index is 432. The van der Waals surface area contributed by atoms with Gasteiger partial charge in [-0.1, -0.05) is 0 Å². The van der Waals surface area contributed by atoms with Crippen LogP contribution in [0.3, 0.4) is 0 Å². The highest BCUT2D eigenvalue weighted by molar-refractivity contribution is 5.84. The van der Waals surface area contributed by atoms with Crippen molar-refractivity contribution in [3.63, 3.8) is 0 Å². The van der Waals surface area contributed by atoms with Gasteiger partial charge in [0.1, 0.15) is 0 Å². The van der Waals surface area contributed by atoms with Crippen molar-refractivity contribution in [2.75, 3.05) is 20.2 Å². The van der Waals surface area contributed by atoms with Crippen molar-refractivity contribution in [3.05, 3.63) is 18.2 Å². The number of nitrogens with zero attached hydrogens (tertiary/aromatic N) is 2. The molecular weight excluding hydrogens is 252 g/mol. The van der Waals surface area contributed by atoms with Crippen molar-refractivity contribution in [1.29, 1.82) is 0 Å². The first-order chi connectivity index (χ1) is 9.02. The highest BCUT2D eigenvalue weighted by Gasteiger charge is 2.07. The number of amides is 2. The fourth-order valence-corrected chi connectivity index (χ4v) is 1.27. The van der Waals surface area contributed by atoms with Gasteiger partial charge in [-0.25, -0.2) is 14.6 Å². The molecule has 8 nitrogen and oxygen atoms in total. The summed E-state index contributed by atoms with van der Waals surface area (Å²) in [5.41, 5.74) is -0.0154. The summed E-state index contributed by atoms with van der Waals surface area (Å²) in [6.45, 7) is 3.10. The maximum atomic E-state index is 11.4. The average molecular weight is 270 g/mol. The van der Waals surface area contributed by atoms with E-state index < -0.39 is 5.97 Å². The highest BCUT2D eigenvalue weighted by Crippen LogP contribution is 1.95. The van der Waals surface area contributed by atoms with E-state index in [9.17, 15) is 9.59 Å². The lowest BCUT2D eigenvalue weighted by Gasteiger charge is -2.11. The zero-order chi connectivity index (χ0) is 14.3. The van der Waals surface area contributed by atoms with E-state index in [0.717, 1.165) is 0 Å². The number of rotatable bonds is 7. The van der Waals surface area contributed by atoms with Gasteiger partial charge >= 0.3 is 12.0 Å². The van der Waals surface area contributed by atoms with Crippen molar-refractivity contribution in [2.24, 2.45) is 0 Å². The van der Waals surface area contributed by atoms with Crippen LogP contribution in [0.25, 0.3) is 0 Å². The summed E-state index contributed by atoms with van der Waals surface area (Å²) in [7, 11) is 1.57. The second-order valence-electron chi connectivity index (χ2n) is 3.99. The van der Waals surface area contributed by atoms with Crippen LogP contribution in [-0.4, -0.2) is 53.0 Å². The predicted octanol–water partition coefficient (Wildman–Crippen LogP) is -0.0846. The van der Waals surface area contributed by atoms with Crippen molar-refractivity contribution >= 4 is 12.0 Å². The molecule has 3 N–H and O–H groups in total. The molecule has 0 fully saturated rings. The largest absolute Gasteiger partial charge is 0.476 e. The van der Waals surface area contributed by atoms with Crippen molar-refractivity contribution in [2.45, 2.75) is 19.6 Å². The third kappa shape index (κ3) is 5.38. The topological polar surface area (TPSA) is 105 Å². The number of ether oxygens (including phenoxy) is 1. The predicted molar refractivity (Wildman–Crippen MR) is 67.1 cm³/mol. The molecule has 1 atom stereocenters. The Hall–Kier alpha value is -2.09. The van der Waals surface area contributed by atoms with Crippen LogP contribution in [0.2, 0.25) is 0 Å². The first-order valence-corrected chi connectivity index (χ1v) is 5.82. The molecule has 0 saturated carbocycles. The van der Waals surface area contributed by atoms with Crippen molar-refractivity contribution in [3.8, 4) is 0 Å². The number of carbonyl (C=O) groups excluding carboxylic acids is 1. The Morgan fingerprint density at radius 3 is 2.84 bits per heavy atom. The quantitative estimate of drug-likeness (QED) is 0.642. The van der Waals surface area contributed by atoms with E-state index in [0.29, 0.717) is 19.6 Å². The molecule has 0 aliphatic carbocycles. The van der Waals surface area contributed by atoms with Crippen LogP contribution < -0.4 is 10.6 Å². The van der Waals surface area contributed by atoms with Gasteiger partial charge in [-0.3, -0.25) is 0 Å². The molecule has 1 aromatic rings. The zero-order valence-corrected chi connectivity index (χ0v) is 10.9. The lowest BCUT2D eigenvalue weighted by atomic mass is 10.4. The Balaban J connectivity index is 2.22. The molecule has 0 bridgehead atoms. The fourth-order valence-electron chi connectivity index (χ4n) is 1.27. The van der Waals surface area contributed by atoms with Gasteiger partial charge in [0.25, 0.3) is 0 Å². The van der Waals surface area contributed by atoms with Crippen LogP contribution in [0.5, 0.6) is 0 Å². The van der Waals surface area contributed by atoms with Crippen LogP contribution in [0.4, 0.5) is 4.79 Å². The number of carboxylic acids is 1. The molecule has 0 aliphatic rings. The molecule has 0 radical (unpaired) electrons. The summed E-state index contributed by atoms with van der Waals surface area (Å²) >= 11 is 0. The Labute approximate surface area is 110 Å². The molecule has 1 rings (SSSR count). The van der Waals surface area contributed by atoms with E-state index in [1.807, 2.05) is 6.92 Å². The average Bonchev–Trinajstić information content (AvgIpc) is 2.85. The van der Waals surface area contributed by atoms with E-state index >= 15 is 0 Å². The first-order valence-electron chi connectivity index (χ1n) is 5.82. The molecule has 19 heavy (non-hydrogen) atoms. The number of aromatic carboxylic acids is 1. The molecule has 0 aliphatic heterocycles. The standard InChI is InChI=1S/C11H18N4O4/c1-8(19-2)5-13-11(18)12-3-4-15-6-9(10(16)17)14-7-15/h6-8H,3-5H2,1-2H3,(H,16,17)(H2,12,13,18). The number of imidazole rings is 1. The molecule has 8 heteroatoms. The molecule has 106 valence electrons. The SMILES string of the molecule is COC(C)CNC(=O)NCCn1cnc(C(=O)O)c1. The summed E-state index contributed by atoms with van der Waals surface area (Å²) in [6, 6.07) is -0.289. The number of urea groups is 1. The van der Waals surface area contributed by atoms with Gasteiger partial charge in [0.05, 0.1) is 12.4 Å². The molecule has 0 spiro atoms. The van der Waals surface area contributed by atoms with Gasteiger partial charge in [-0.15, -0.1) is 0 Å². The number of nitrogens with one attached hydrogen (secondary N) is 2. The number of methoxy groups -OCH3 is 1. The van der Waals surface area contributed by atoms with E-state index in [4.69, 9.17) is 9.84 Å². The number of hydrogen-bond donors (Lipinski definition) is 3. The molecule has 2 amide bonds. The van der Waals surface area contributed by atoms with Gasteiger partial charge < -0.3 is 25.0 Å². The Kier molecular flexibility index (Phi) is 5.80. The van der Waals surface area contributed by atoms with Gasteiger partial charge in [-0.05, 0) is 6.92 Å². The van der Waals surface area contributed by atoms with Crippen LogP contribution in [0.15, 0.2) is 12.5 Å². The third-order valence-electron chi connectivity index (χ3n) is 2.46. The molecule has 1 aromatic heterocycles. The second-order valence-corrected chi connectivity index (χ2v) is 3.99. The maximum absolute atomic E-state index is 11.4. The summed E-state index contributed by atoms with van der Waals surface area (Å²) in [5, 5.41) is 14.0. The number of carbonyl (C=O) groups is 2. The van der Waals surface area contributed by atoms with Gasteiger partial charge in [0, 0.05) is 32.9 Å². The Morgan fingerprint density at radius 1 is 1.53 bits per heavy atom. The maximum Gasteiger partial charge on any atom is 0.356 e. The van der Waals surface area contributed by atoms with Crippen LogP contribution in [0.1, 0.15) is 17.4 Å². The smallest absolute Gasteiger partial charge is 0.356 e. The zero-order valence-electron chi connectivity index (χ0n) is 10.9. The molecule has 1 heterocycles. The van der Waals surface area contributed by atoms with E-state index in [-0.39, 0.29) is 17.8 Å². The van der Waals surface area contributed by atoms with Crippen LogP contribution in [0, 0.1) is 0 Å². The first kappa shape index (κ1) is 15.0. The monoisotopic (exact) mass is 270 g/mol. The summed E-state index contributed by atoms with van der Waals surface area (Å²) in [5.74, 6) is -1.07. The minimum Gasteiger partial charge on any atom is -0.476 e. The third-order valence-corrected chi connectivity index (χ3v) is 2.46. The lowest BCUT2D eigenvalue weighted by Crippen LogP contribution is -2.40. The summed E-state index contributed by atoms with van der Waals surface area (Å²) in [6.07, 6.45) is 2.78. The fraction of sp³-hybridized carbons (Fsp3) is 0.545. The molecule has 0 aromatic carbocycles. The second kappa shape index (κ2) is 7.37. The number of carboxylic acid groups (broad SMARTS) is 1. The Morgan fingerprint density at radius 2 is 2.26 bits per heavy atom. The van der Waals surface area contributed by atoms with Crippen molar-refractivity contribution in [1.82, 2.24) is 20.2 Å². The normalized spacial score (nSPS) is 11.9. The molecule has 1 unspecified atom stereocenters. The van der Waals surface area contributed by atoms with E-state index in [1.165, 1.54) is 12.5 Å². The van der Waals surface area contributed by atoms with Gasteiger partial charge in [0.15, 0.2) is 5.69 Å². The number of aromatic nitrogens is 2. The van der Waals surface area contributed by atoms with Crippen LogP contribution in [-0.2, 0) is 11.3 Å². The van der Waals surface area contributed by atoms with E-state index in [1.54, 1.807) is 11.7 Å².